The van der Waals surface area contributed by atoms with Gasteiger partial charge in [0, 0.05) is 24.2 Å². The number of nitrogens with one attached hydrogen (secondary N) is 1. The van der Waals surface area contributed by atoms with Gasteiger partial charge in [-0.05, 0) is 44.4 Å². The molecule has 2 aromatic rings. The van der Waals surface area contributed by atoms with Crippen LogP contribution in [0, 0.1) is 10.1 Å². The van der Waals surface area contributed by atoms with Crippen LogP contribution in [0.2, 0.25) is 5.02 Å². The summed E-state index contributed by atoms with van der Waals surface area (Å²) < 4.78 is 0. The maximum absolute atomic E-state index is 12.4. The average molecular weight is 374 g/mol. The van der Waals surface area contributed by atoms with Crippen LogP contribution in [-0.2, 0) is 0 Å². The zero-order chi connectivity index (χ0) is 18.7. The lowest BCUT2D eigenvalue weighted by molar-refractivity contribution is -0.384. The number of hydrogen-bond donors (Lipinski definition) is 1. The molecule has 1 saturated heterocycles. The largest absolute Gasteiger partial charge is 0.363 e. The molecule has 1 heterocycles. The summed E-state index contributed by atoms with van der Waals surface area (Å²) in [5.74, 6) is -0.306. The fourth-order valence-electron chi connectivity index (χ4n) is 3.26. The Morgan fingerprint density at radius 3 is 2.65 bits per heavy atom. The number of amides is 1. The molecule has 2 aromatic carbocycles. The molecule has 7 heteroatoms. The van der Waals surface area contributed by atoms with Gasteiger partial charge in [0.15, 0.2) is 0 Å². The molecule has 0 radical (unpaired) electrons. The van der Waals surface area contributed by atoms with E-state index in [0.717, 1.165) is 25.8 Å². The fraction of sp³-hybridized carbons (Fsp3) is 0.316. The summed E-state index contributed by atoms with van der Waals surface area (Å²) in [5.41, 5.74) is 1.32. The molecule has 0 aromatic heterocycles. The Kier molecular flexibility index (Phi) is 5.42. The molecular weight excluding hydrogens is 354 g/mol. The van der Waals surface area contributed by atoms with Gasteiger partial charge in [-0.1, -0.05) is 29.8 Å². The summed E-state index contributed by atoms with van der Waals surface area (Å²) in [7, 11) is 0. The Bertz CT molecular complexity index is 826. The monoisotopic (exact) mass is 373 g/mol. The number of benzene rings is 2. The molecule has 1 aliphatic heterocycles. The van der Waals surface area contributed by atoms with Crippen molar-refractivity contribution in [1.82, 2.24) is 0 Å². The Morgan fingerprint density at radius 2 is 2.00 bits per heavy atom. The summed E-state index contributed by atoms with van der Waals surface area (Å²) in [6.45, 7) is 2.80. The smallest absolute Gasteiger partial charge is 0.294 e. The first-order chi connectivity index (χ1) is 12.5. The van der Waals surface area contributed by atoms with E-state index in [9.17, 15) is 14.9 Å². The van der Waals surface area contributed by atoms with Gasteiger partial charge in [-0.25, -0.2) is 0 Å². The van der Waals surface area contributed by atoms with Gasteiger partial charge in [0.2, 0.25) is 0 Å². The lowest BCUT2D eigenvalue weighted by Gasteiger charge is -2.35. The van der Waals surface area contributed by atoms with Crippen LogP contribution in [0.3, 0.4) is 0 Å². The second-order valence-electron chi connectivity index (χ2n) is 6.44. The van der Waals surface area contributed by atoms with Crippen LogP contribution in [0.5, 0.6) is 0 Å². The summed E-state index contributed by atoms with van der Waals surface area (Å²) in [4.78, 5) is 25.5. The predicted octanol–water partition coefficient (Wildman–Crippen LogP) is 4.88. The second-order valence-corrected chi connectivity index (χ2v) is 6.84. The minimum absolute atomic E-state index is 0.0403. The van der Waals surface area contributed by atoms with Gasteiger partial charge in [0.25, 0.3) is 11.6 Å². The number of carbonyl (C=O) groups excluding carboxylic acids is 1. The van der Waals surface area contributed by atoms with E-state index in [1.807, 2.05) is 11.0 Å². The summed E-state index contributed by atoms with van der Waals surface area (Å²) in [6.07, 6.45) is 3.07. The molecule has 136 valence electrons. The highest BCUT2D eigenvalue weighted by Crippen LogP contribution is 2.39. The van der Waals surface area contributed by atoms with E-state index in [1.165, 1.54) is 6.07 Å². The molecule has 0 saturated carbocycles. The average Bonchev–Trinajstić information content (AvgIpc) is 2.64. The number of nitrogens with zero attached hydrogens (tertiary/aromatic N) is 2. The van der Waals surface area contributed by atoms with E-state index in [1.54, 1.807) is 30.3 Å². The second kappa shape index (κ2) is 7.74. The molecule has 0 bridgehead atoms. The molecular formula is C19H20ClN3O3. The van der Waals surface area contributed by atoms with Gasteiger partial charge in [-0.2, -0.15) is 0 Å². The van der Waals surface area contributed by atoms with Crippen molar-refractivity contribution >= 4 is 34.6 Å². The quantitative estimate of drug-likeness (QED) is 0.612. The zero-order valence-corrected chi connectivity index (χ0v) is 15.2. The standard InChI is InChI=1S/C19H20ClN3O3/c1-13-7-5-6-10-22(13)17-12-16(15(20)11-18(17)23(25)26)21-19(24)14-8-3-2-4-9-14/h2-4,8-9,11-13H,5-7,10H2,1H3,(H,21,24). The number of halogens is 1. The maximum Gasteiger partial charge on any atom is 0.294 e. The fourth-order valence-corrected chi connectivity index (χ4v) is 3.47. The van der Waals surface area contributed by atoms with Gasteiger partial charge in [-0.3, -0.25) is 14.9 Å². The van der Waals surface area contributed by atoms with Gasteiger partial charge < -0.3 is 10.2 Å². The van der Waals surface area contributed by atoms with E-state index in [0.29, 0.717) is 16.9 Å². The maximum atomic E-state index is 12.4. The predicted molar refractivity (Wildman–Crippen MR) is 103 cm³/mol. The van der Waals surface area contributed by atoms with Crippen molar-refractivity contribution in [3.63, 3.8) is 0 Å². The number of nitro benzene ring substituents is 1. The van der Waals surface area contributed by atoms with E-state index in [4.69, 9.17) is 11.6 Å². The van der Waals surface area contributed by atoms with E-state index < -0.39 is 4.92 Å². The van der Waals surface area contributed by atoms with Crippen LogP contribution in [0.1, 0.15) is 36.5 Å². The molecule has 1 unspecified atom stereocenters. The third-order valence-corrected chi connectivity index (χ3v) is 4.97. The minimum Gasteiger partial charge on any atom is -0.363 e. The van der Waals surface area contributed by atoms with Gasteiger partial charge in [0.05, 0.1) is 15.6 Å². The van der Waals surface area contributed by atoms with Crippen LogP contribution in [0.25, 0.3) is 0 Å². The Morgan fingerprint density at radius 1 is 1.27 bits per heavy atom. The van der Waals surface area contributed by atoms with Crippen LogP contribution in [-0.4, -0.2) is 23.4 Å². The Balaban J connectivity index is 1.97. The van der Waals surface area contributed by atoms with Crippen LogP contribution < -0.4 is 10.2 Å². The highest BCUT2D eigenvalue weighted by atomic mass is 35.5. The topological polar surface area (TPSA) is 75.5 Å². The Labute approximate surface area is 156 Å². The molecule has 26 heavy (non-hydrogen) atoms. The number of hydrogen-bond acceptors (Lipinski definition) is 4. The van der Waals surface area contributed by atoms with Crippen molar-refractivity contribution in [3.8, 4) is 0 Å². The van der Waals surface area contributed by atoms with E-state index >= 15 is 0 Å². The molecule has 6 nitrogen and oxygen atoms in total. The molecule has 0 spiro atoms. The van der Waals surface area contributed by atoms with Crippen molar-refractivity contribution < 1.29 is 9.72 Å². The van der Waals surface area contributed by atoms with Gasteiger partial charge in [0.1, 0.15) is 5.69 Å². The molecule has 0 aliphatic carbocycles. The summed E-state index contributed by atoms with van der Waals surface area (Å²) in [6, 6.07) is 11.9. The van der Waals surface area contributed by atoms with Crippen molar-refractivity contribution in [2.45, 2.75) is 32.2 Å². The van der Waals surface area contributed by atoms with Crippen molar-refractivity contribution in [3.05, 3.63) is 63.2 Å². The van der Waals surface area contributed by atoms with E-state index in [-0.39, 0.29) is 22.7 Å². The lowest BCUT2D eigenvalue weighted by Crippen LogP contribution is -2.37. The number of rotatable bonds is 4. The van der Waals surface area contributed by atoms with Crippen LogP contribution >= 0.6 is 11.6 Å². The summed E-state index contributed by atoms with van der Waals surface area (Å²) in [5, 5.41) is 14.4. The molecule has 3 rings (SSSR count). The first kappa shape index (κ1) is 18.2. The highest BCUT2D eigenvalue weighted by Gasteiger charge is 2.27. The number of piperidine rings is 1. The molecule has 1 fully saturated rings. The zero-order valence-electron chi connectivity index (χ0n) is 14.4. The van der Waals surface area contributed by atoms with Crippen LogP contribution in [0.15, 0.2) is 42.5 Å². The first-order valence-electron chi connectivity index (χ1n) is 8.58. The number of nitro groups is 1. The van der Waals surface area contributed by atoms with Crippen molar-refractivity contribution in [2.75, 3.05) is 16.8 Å². The molecule has 1 aliphatic rings. The highest BCUT2D eigenvalue weighted by molar-refractivity contribution is 6.34. The molecule has 1 atom stereocenters. The third kappa shape index (κ3) is 3.80. The van der Waals surface area contributed by atoms with Crippen LogP contribution in [0.4, 0.5) is 17.1 Å². The normalized spacial score (nSPS) is 17.0. The lowest BCUT2D eigenvalue weighted by atomic mass is 10.0. The van der Waals surface area contributed by atoms with Gasteiger partial charge in [-0.15, -0.1) is 0 Å². The SMILES string of the molecule is CC1CCCCN1c1cc(NC(=O)c2ccccc2)c(Cl)cc1[N+](=O)[O-]. The van der Waals surface area contributed by atoms with E-state index in [2.05, 4.69) is 12.2 Å². The Hall–Kier alpha value is -2.60. The molecule has 1 amide bonds. The minimum atomic E-state index is -0.425. The van der Waals surface area contributed by atoms with Crippen molar-refractivity contribution in [1.29, 1.82) is 0 Å². The summed E-state index contributed by atoms with van der Waals surface area (Å²) >= 11 is 6.21. The third-order valence-electron chi connectivity index (χ3n) is 4.66. The number of carbonyl (C=O) groups is 1. The van der Waals surface area contributed by atoms with Crippen molar-refractivity contribution in [2.24, 2.45) is 0 Å². The first-order valence-corrected chi connectivity index (χ1v) is 8.96. The van der Waals surface area contributed by atoms with Gasteiger partial charge >= 0.3 is 0 Å². The number of anilines is 2. The molecule has 1 N–H and O–H groups in total.